The van der Waals surface area contributed by atoms with Crippen molar-refractivity contribution in [3.63, 3.8) is 0 Å². The summed E-state index contributed by atoms with van der Waals surface area (Å²) >= 11 is 13.4. The molecule has 0 radical (unpaired) electrons. The summed E-state index contributed by atoms with van der Waals surface area (Å²) in [5, 5.41) is 5.83. The van der Waals surface area contributed by atoms with Gasteiger partial charge in [-0.15, -0.1) is 0 Å². The first-order valence-electron chi connectivity index (χ1n) is 8.75. The van der Waals surface area contributed by atoms with Crippen molar-refractivity contribution in [1.29, 1.82) is 0 Å². The first-order valence-corrected chi connectivity index (χ1v) is 10.5. The summed E-state index contributed by atoms with van der Waals surface area (Å²) < 4.78 is 0. The van der Waals surface area contributed by atoms with Crippen LogP contribution < -0.4 is 5.32 Å². The van der Waals surface area contributed by atoms with Crippen LogP contribution in [-0.2, 0) is 6.42 Å². The topological polar surface area (TPSA) is 27.6 Å². The van der Waals surface area contributed by atoms with Gasteiger partial charge in [0, 0.05) is 23.4 Å². The average Bonchev–Trinajstić information content (AvgIpc) is 3.07. The number of aliphatic imine (C=N–C) groups is 1. The van der Waals surface area contributed by atoms with E-state index >= 15 is 0 Å². The number of hydrogen-bond donors (Lipinski definition) is 1. The Morgan fingerprint density at radius 2 is 1.96 bits per heavy atom. The molecular formula is C20H22ClN3S2. The summed E-state index contributed by atoms with van der Waals surface area (Å²) in [6.07, 6.45) is 1.98. The van der Waals surface area contributed by atoms with Gasteiger partial charge in [-0.1, -0.05) is 60.6 Å². The lowest BCUT2D eigenvalue weighted by molar-refractivity contribution is 0.470. The molecule has 2 aromatic rings. The summed E-state index contributed by atoms with van der Waals surface area (Å²) in [4.78, 5) is 6.95. The summed E-state index contributed by atoms with van der Waals surface area (Å²) in [6.45, 7) is 3.00. The van der Waals surface area contributed by atoms with Crippen molar-refractivity contribution in [3.05, 3.63) is 65.2 Å². The number of thiocarbonyl (C=S) groups is 1. The van der Waals surface area contributed by atoms with Gasteiger partial charge in [-0.25, -0.2) is 4.99 Å². The first-order chi connectivity index (χ1) is 12.7. The number of halogens is 1. The first kappa shape index (κ1) is 19.2. The maximum atomic E-state index is 5.97. The molecule has 0 amide bonds. The number of hydrogen-bond acceptors (Lipinski definition) is 3. The van der Waals surface area contributed by atoms with Crippen molar-refractivity contribution in [2.75, 3.05) is 12.3 Å². The summed E-state index contributed by atoms with van der Waals surface area (Å²) in [5.74, 6) is 1.00. The minimum absolute atomic E-state index is 0.378. The van der Waals surface area contributed by atoms with Crippen LogP contribution in [0, 0.1) is 0 Å². The number of nitrogens with zero attached hydrogens (tertiary/aromatic N) is 2. The highest BCUT2D eigenvalue weighted by molar-refractivity contribution is 8.14. The van der Waals surface area contributed by atoms with E-state index < -0.39 is 0 Å². The van der Waals surface area contributed by atoms with Crippen LogP contribution in [0.2, 0.25) is 5.02 Å². The maximum absolute atomic E-state index is 5.97. The third-order valence-electron chi connectivity index (χ3n) is 4.25. The number of rotatable bonds is 5. The van der Waals surface area contributed by atoms with Crippen molar-refractivity contribution in [3.8, 4) is 0 Å². The number of nitrogens with one attached hydrogen (secondary N) is 1. The smallest absolute Gasteiger partial charge is 0.175 e. The number of thioether (sulfide) groups is 1. The molecule has 1 aliphatic rings. The van der Waals surface area contributed by atoms with Gasteiger partial charge in [-0.2, -0.15) is 0 Å². The Bertz CT molecular complexity index is 762. The van der Waals surface area contributed by atoms with Crippen molar-refractivity contribution >= 4 is 51.5 Å². The predicted molar refractivity (Wildman–Crippen MR) is 118 cm³/mol. The van der Waals surface area contributed by atoms with Crippen molar-refractivity contribution in [1.82, 2.24) is 10.2 Å². The van der Waals surface area contributed by atoms with Crippen LogP contribution in [-0.4, -0.2) is 33.5 Å². The molecule has 2 aromatic carbocycles. The highest BCUT2D eigenvalue weighted by Gasteiger charge is 2.31. The molecule has 1 heterocycles. The molecule has 1 fully saturated rings. The Morgan fingerprint density at radius 1 is 1.23 bits per heavy atom. The molecule has 0 aromatic heterocycles. The fourth-order valence-electron chi connectivity index (χ4n) is 2.78. The summed E-state index contributed by atoms with van der Waals surface area (Å²) in [7, 11) is 0. The Hall–Kier alpha value is -1.56. The second-order valence-corrected chi connectivity index (χ2v) is 7.89. The van der Waals surface area contributed by atoms with Crippen LogP contribution in [0.15, 0.2) is 59.6 Å². The molecule has 0 aliphatic carbocycles. The highest BCUT2D eigenvalue weighted by atomic mass is 35.5. The van der Waals surface area contributed by atoms with Gasteiger partial charge in [-0.05, 0) is 54.9 Å². The molecule has 0 spiro atoms. The monoisotopic (exact) mass is 403 g/mol. The average molecular weight is 404 g/mol. The quantitative estimate of drug-likeness (QED) is 0.688. The molecule has 6 heteroatoms. The highest BCUT2D eigenvalue weighted by Crippen LogP contribution is 2.29. The maximum Gasteiger partial charge on any atom is 0.175 e. The van der Waals surface area contributed by atoms with E-state index in [9.17, 15) is 0 Å². The normalized spacial score (nSPS) is 18.3. The van der Waals surface area contributed by atoms with Gasteiger partial charge < -0.3 is 5.32 Å². The van der Waals surface area contributed by atoms with Gasteiger partial charge in [0.1, 0.15) is 0 Å². The molecule has 0 bridgehead atoms. The van der Waals surface area contributed by atoms with Gasteiger partial charge in [0.15, 0.2) is 10.3 Å². The Labute approximate surface area is 169 Å². The minimum atomic E-state index is 0.378. The minimum Gasteiger partial charge on any atom is -0.362 e. The van der Waals surface area contributed by atoms with E-state index in [0.29, 0.717) is 6.04 Å². The third kappa shape index (κ3) is 5.00. The largest absolute Gasteiger partial charge is 0.362 e. The summed E-state index contributed by atoms with van der Waals surface area (Å²) in [6, 6.07) is 18.4. The lowest BCUT2D eigenvalue weighted by Crippen LogP contribution is -2.45. The van der Waals surface area contributed by atoms with Crippen molar-refractivity contribution < 1.29 is 0 Å². The van der Waals surface area contributed by atoms with Crippen LogP contribution >= 0.6 is 35.6 Å². The second kappa shape index (κ2) is 9.40. The summed E-state index contributed by atoms with van der Waals surface area (Å²) in [5.41, 5.74) is 2.20. The lowest BCUT2D eigenvalue weighted by atomic mass is 10.1. The zero-order valence-corrected chi connectivity index (χ0v) is 17.1. The Balaban J connectivity index is 1.67. The SMILES string of the molecule is CC[C@@H]1CSC(=Nc2ccc(Cl)cc2)N1C(=S)NCCc1ccccc1. The van der Waals surface area contributed by atoms with E-state index in [2.05, 4.69) is 41.4 Å². The molecule has 3 rings (SSSR count). The molecule has 0 saturated carbocycles. The van der Waals surface area contributed by atoms with Crippen LogP contribution in [0.25, 0.3) is 0 Å². The van der Waals surface area contributed by atoms with Gasteiger partial charge in [0.25, 0.3) is 0 Å². The van der Waals surface area contributed by atoms with E-state index in [-0.39, 0.29) is 0 Å². The molecular weight excluding hydrogens is 382 g/mol. The van der Waals surface area contributed by atoms with Gasteiger partial charge >= 0.3 is 0 Å². The third-order valence-corrected chi connectivity index (χ3v) is 5.94. The van der Waals surface area contributed by atoms with E-state index in [1.807, 2.05) is 30.3 Å². The molecule has 136 valence electrons. The lowest BCUT2D eigenvalue weighted by Gasteiger charge is -2.26. The molecule has 1 aliphatic heterocycles. The Kier molecular flexibility index (Phi) is 6.94. The van der Waals surface area contributed by atoms with Crippen molar-refractivity contribution in [2.24, 2.45) is 4.99 Å². The standard InChI is InChI=1S/C20H22ClN3S2/c1-2-18-14-26-20(23-17-10-8-16(21)9-11-17)24(18)19(25)22-13-12-15-6-4-3-5-7-15/h3-11,18H,2,12-14H2,1H3,(H,22,25)/t18-/m1/s1. The number of amidine groups is 1. The Morgan fingerprint density at radius 3 is 2.65 bits per heavy atom. The van der Waals surface area contributed by atoms with E-state index in [0.717, 1.165) is 46.1 Å². The molecule has 3 nitrogen and oxygen atoms in total. The fourth-order valence-corrected chi connectivity index (χ4v) is 4.58. The molecule has 1 N–H and O–H groups in total. The van der Waals surface area contributed by atoms with Crippen LogP contribution in [0.3, 0.4) is 0 Å². The van der Waals surface area contributed by atoms with E-state index in [1.165, 1.54) is 5.56 Å². The van der Waals surface area contributed by atoms with Crippen molar-refractivity contribution in [2.45, 2.75) is 25.8 Å². The van der Waals surface area contributed by atoms with Gasteiger partial charge in [0.05, 0.1) is 5.69 Å². The zero-order chi connectivity index (χ0) is 18.4. The van der Waals surface area contributed by atoms with Crippen LogP contribution in [0.4, 0.5) is 5.69 Å². The molecule has 26 heavy (non-hydrogen) atoms. The fraction of sp³-hybridized carbons (Fsp3) is 0.300. The number of benzene rings is 2. The van der Waals surface area contributed by atoms with Crippen LogP contribution in [0.1, 0.15) is 18.9 Å². The molecule has 1 saturated heterocycles. The zero-order valence-electron chi connectivity index (χ0n) is 14.7. The van der Waals surface area contributed by atoms with E-state index in [1.54, 1.807) is 11.8 Å². The second-order valence-electron chi connectivity index (χ2n) is 6.08. The molecule has 0 unspecified atom stereocenters. The van der Waals surface area contributed by atoms with Gasteiger partial charge in [0.2, 0.25) is 0 Å². The predicted octanol–water partition coefficient (Wildman–Crippen LogP) is 5.27. The van der Waals surface area contributed by atoms with E-state index in [4.69, 9.17) is 28.8 Å². The van der Waals surface area contributed by atoms with Crippen LogP contribution in [0.5, 0.6) is 0 Å². The molecule has 1 atom stereocenters. The van der Waals surface area contributed by atoms with Gasteiger partial charge in [-0.3, -0.25) is 4.90 Å².